The minimum absolute atomic E-state index is 0.235. The van der Waals surface area contributed by atoms with Crippen molar-refractivity contribution in [2.45, 2.75) is 39.3 Å². The highest BCUT2D eigenvalue weighted by molar-refractivity contribution is 9.10. The van der Waals surface area contributed by atoms with E-state index in [1.54, 1.807) is 6.92 Å². The Morgan fingerprint density at radius 2 is 2.28 bits per heavy atom. The summed E-state index contributed by atoms with van der Waals surface area (Å²) in [4.78, 5) is 12.8. The van der Waals surface area contributed by atoms with Gasteiger partial charge in [0.25, 0.3) is 0 Å². The van der Waals surface area contributed by atoms with Crippen molar-refractivity contribution < 1.29 is 9.53 Å². The molecule has 0 fully saturated rings. The van der Waals surface area contributed by atoms with Crippen LogP contribution in [0.15, 0.2) is 10.5 Å². The fourth-order valence-corrected chi connectivity index (χ4v) is 3.18. The zero-order chi connectivity index (χ0) is 13.7. The summed E-state index contributed by atoms with van der Waals surface area (Å²) >= 11 is 10.8. The Hall–Kier alpha value is -0.100. The second-order valence-corrected chi connectivity index (χ2v) is 6.47. The zero-order valence-electron chi connectivity index (χ0n) is 10.6. The molecule has 0 bridgehead atoms. The lowest BCUT2D eigenvalue weighted by atomic mass is 10.2. The molecule has 0 saturated carbocycles. The Labute approximate surface area is 125 Å². The van der Waals surface area contributed by atoms with E-state index in [2.05, 4.69) is 28.2 Å². The topological polar surface area (TPSA) is 38.3 Å². The van der Waals surface area contributed by atoms with Gasteiger partial charge < -0.3 is 4.74 Å². The predicted molar refractivity (Wildman–Crippen MR) is 79.3 cm³/mol. The van der Waals surface area contributed by atoms with Gasteiger partial charge in [-0.2, -0.15) is 0 Å². The van der Waals surface area contributed by atoms with Crippen LogP contribution in [0, 0.1) is 0 Å². The highest BCUT2D eigenvalue weighted by Gasteiger charge is 2.25. The summed E-state index contributed by atoms with van der Waals surface area (Å²) < 4.78 is 6.55. The van der Waals surface area contributed by atoms with Gasteiger partial charge in [-0.25, -0.2) is 4.79 Å². The summed E-state index contributed by atoms with van der Waals surface area (Å²) in [6, 6.07) is 1.65. The minimum atomic E-state index is -0.450. The number of nitrogens with one attached hydrogen (secondary N) is 1. The zero-order valence-corrected chi connectivity index (χ0v) is 13.8. The van der Waals surface area contributed by atoms with Gasteiger partial charge in [-0.3, -0.25) is 5.32 Å². The third-order valence-electron chi connectivity index (χ3n) is 2.53. The van der Waals surface area contributed by atoms with Crippen LogP contribution in [-0.2, 0) is 9.53 Å². The molecule has 0 radical (unpaired) electrons. The SMILES string of the molecule is CCOC(=O)C(NC(C)CC)c1cc(Br)c(Cl)s1. The van der Waals surface area contributed by atoms with E-state index < -0.39 is 6.04 Å². The minimum Gasteiger partial charge on any atom is -0.465 e. The lowest BCUT2D eigenvalue weighted by Gasteiger charge is -2.20. The number of thiophene rings is 1. The van der Waals surface area contributed by atoms with Gasteiger partial charge in [-0.05, 0) is 42.3 Å². The Balaban J connectivity index is 2.92. The molecular formula is C12H17BrClNO2S. The van der Waals surface area contributed by atoms with Crippen LogP contribution in [0.5, 0.6) is 0 Å². The average Bonchev–Trinajstić information content (AvgIpc) is 2.66. The van der Waals surface area contributed by atoms with Crippen molar-refractivity contribution in [1.29, 1.82) is 0 Å². The van der Waals surface area contributed by atoms with Crippen LogP contribution in [0.2, 0.25) is 4.34 Å². The Morgan fingerprint density at radius 3 is 2.72 bits per heavy atom. The van der Waals surface area contributed by atoms with Crippen LogP contribution in [0.3, 0.4) is 0 Å². The van der Waals surface area contributed by atoms with Crippen LogP contribution in [0.25, 0.3) is 0 Å². The van der Waals surface area contributed by atoms with E-state index in [-0.39, 0.29) is 12.0 Å². The van der Waals surface area contributed by atoms with Gasteiger partial charge >= 0.3 is 5.97 Å². The number of halogens is 2. The highest BCUT2D eigenvalue weighted by Crippen LogP contribution is 2.35. The molecule has 102 valence electrons. The molecule has 0 saturated heterocycles. The molecule has 0 spiro atoms. The maximum absolute atomic E-state index is 12.0. The standard InChI is InChI=1S/C12H17BrClNO2S/c1-4-7(3)15-10(12(16)17-5-2)9-6-8(13)11(14)18-9/h6-7,10,15H,4-5H2,1-3H3. The Bertz CT molecular complexity index is 391. The van der Waals surface area contributed by atoms with E-state index in [9.17, 15) is 4.79 Å². The maximum atomic E-state index is 12.0. The highest BCUT2D eigenvalue weighted by atomic mass is 79.9. The summed E-state index contributed by atoms with van der Waals surface area (Å²) in [6.45, 7) is 6.28. The maximum Gasteiger partial charge on any atom is 0.328 e. The molecular weight excluding hydrogens is 338 g/mol. The number of carbonyl (C=O) groups excluding carboxylic acids is 1. The number of ether oxygens (including phenoxy) is 1. The van der Waals surface area contributed by atoms with E-state index in [0.29, 0.717) is 10.9 Å². The molecule has 1 N–H and O–H groups in total. The molecule has 0 aliphatic heterocycles. The van der Waals surface area contributed by atoms with Crippen molar-refractivity contribution >= 4 is 44.8 Å². The summed E-state index contributed by atoms with van der Waals surface area (Å²) in [5, 5.41) is 3.26. The molecule has 0 aliphatic carbocycles. The first-order valence-corrected chi connectivity index (χ1v) is 7.85. The number of hydrogen-bond acceptors (Lipinski definition) is 4. The largest absolute Gasteiger partial charge is 0.465 e. The molecule has 1 aromatic rings. The van der Waals surface area contributed by atoms with Crippen molar-refractivity contribution in [1.82, 2.24) is 5.32 Å². The first-order chi connectivity index (χ1) is 8.49. The fraction of sp³-hybridized carbons (Fsp3) is 0.583. The van der Waals surface area contributed by atoms with Crippen LogP contribution >= 0.6 is 38.9 Å². The van der Waals surface area contributed by atoms with E-state index in [0.717, 1.165) is 15.8 Å². The number of carbonyl (C=O) groups is 1. The molecule has 1 rings (SSSR count). The third kappa shape index (κ3) is 4.23. The van der Waals surface area contributed by atoms with Gasteiger partial charge in [0, 0.05) is 15.4 Å². The van der Waals surface area contributed by atoms with Gasteiger partial charge in [0.1, 0.15) is 10.4 Å². The second kappa shape index (κ2) is 7.48. The van der Waals surface area contributed by atoms with E-state index in [1.807, 2.05) is 13.0 Å². The molecule has 1 aromatic heterocycles. The quantitative estimate of drug-likeness (QED) is 0.780. The first-order valence-electron chi connectivity index (χ1n) is 5.86. The van der Waals surface area contributed by atoms with Crippen molar-refractivity contribution in [2.75, 3.05) is 6.61 Å². The monoisotopic (exact) mass is 353 g/mol. The predicted octanol–water partition coefficient (Wildman–Crippen LogP) is 4.16. The number of esters is 1. The van der Waals surface area contributed by atoms with Crippen LogP contribution in [0.1, 0.15) is 38.1 Å². The summed E-state index contributed by atoms with van der Waals surface area (Å²) in [7, 11) is 0. The molecule has 6 heteroatoms. The van der Waals surface area contributed by atoms with Gasteiger partial charge in [0.2, 0.25) is 0 Å². The number of rotatable bonds is 6. The Kier molecular flexibility index (Phi) is 6.63. The normalized spacial score (nSPS) is 14.3. The van der Waals surface area contributed by atoms with Gasteiger partial charge in [-0.1, -0.05) is 18.5 Å². The first kappa shape index (κ1) is 16.0. The van der Waals surface area contributed by atoms with Crippen molar-refractivity contribution in [2.24, 2.45) is 0 Å². The van der Waals surface area contributed by atoms with Crippen LogP contribution in [-0.4, -0.2) is 18.6 Å². The average molecular weight is 355 g/mol. The smallest absolute Gasteiger partial charge is 0.328 e. The summed E-state index contributed by atoms with van der Waals surface area (Å²) in [5.41, 5.74) is 0. The molecule has 0 aromatic carbocycles. The summed E-state index contributed by atoms with van der Waals surface area (Å²) in [6.07, 6.45) is 0.941. The van der Waals surface area contributed by atoms with Gasteiger partial charge in [-0.15, -0.1) is 11.3 Å². The van der Waals surface area contributed by atoms with Crippen molar-refractivity contribution in [3.8, 4) is 0 Å². The lowest BCUT2D eigenvalue weighted by molar-refractivity contribution is -0.146. The molecule has 2 unspecified atom stereocenters. The molecule has 0 aliphatic rings. The van der Waals surface area contributed by atoms with Crippen molar-refractivity contribution in [3.05, 3.63) is 19.8 Å². The van der Waals surface area contributed by atoms with Crippen LogP contribution in [0.4, 0.5) is 0 Å². The van der Waals surface area contributed by atoms with Crippen molar-refractivity contribution in [3.63, 3.8) is 0 Å². The number of hydrogen-bond donors (Lipinski definition) is 1. The van der Waals surface area contributed by atoms with Gasteiger partial charge in [0.15, 0.2) is 0 Å². The van der Waals surface area contributed by atoms with Gasteiger partial charge in [0.05, 0.1) is 6.61 Å². The van der Waals surface area contributed by atoms with E-state index >= 15 is 0 Å². The fourth-order valence-electron chi connectivity index (χ4n) is 1.40. The molecule has 3 nitrogen and oxygen atoms in total. The molecule has 2 atom stereocenters. The Morgan fingerprint density at radius 1 is 1.61 bits per heavy atom. The third-order valence-corrected chi connectivity index (χ3v) is 5.07. The second-order valence-electron chi connectivity index (χ2n) is 3.93. The van der Waals surface area contributed by atoms with E-state index in [4.69, 9.17) is 16.3 Å². The van der Waals surface area contributed by atoms with Crippen LogP contribution < -0.4 is 5.32 Å². The van der Waals surface area contributed by atoms with E-state index in [1.165, 1.54) is 11.3 Å². The molecule has 18 heavy (non-hydrogen) atoms. The molecule has 1 heterocycles. The summed E-state index contributed by atoms with van der Waals surface area (Å²) in [5.74, 6) is -0.261. The lowest BCUT2D eigenvalue weighted by Crippen LogP contribution is -2.35. The molecule has 0 amide bonds.